The smallest absolute Gasteiger partial charge is 0.234 e. The first-order valence-corrected chi connectivity index (χ1v) is 12.3. The minimum Gasteiger partial charge on any atom is -0.324 e. The third-order valence-corrected chi connectivity index (χ3v) is 6.78. The number of benzene rings is 2. The Morgan fingerprint density at radius 3 is 2.57 bits per heavy atom. The molecule has 158 valence electrons. The SMILES string of the molecule is CCn1c(CSCc2ccc(C)cc2)nnc1SCC(=O)Nc1ccc(Cl)cc1Cl. The monoisotopic (exact) mass is 480 g/mol. The van der Waals surface area contributed by atoms with Gasteiger partial charge in [-0.15, -0.1) is 22.0 Å². The van der Waals surface area contributed by atoms with Crippen molar-refractivity contribution in [3.8, 4) is 0 Å². The zero-order valence-electron chi connectivity index (χ0n) is 16.7. The second-order valence-corrected chi connectivity index (χ2v) is 9.35. The molecule has 3 aromatic rings. The standard InChI is InChI=1S/C21H22Cl2N4OS2/c1-3-27-19(12-29-11-15-6-4-14(2)5-7-15)25-26-21(27)30-13-20(28)24-18-9-8-16(22)10-17(18)23/h4-10H,3,11-13H2,1-2H3,(H,24,28). The maximum Gasteiger partial charge on any atom is 0.234 e. The number of nitrogens with one attached hydrogen (secondary N) is 1. The van der Waals surface area contributed by atoms with Crippen molar-refractivity contribution in [1.29, 1.82) is 0 Å². The molecule has 0 unspecified atom stereocenters. The second-order valence-electron chi connectivity index (χ2n) is 6.58. The summed E-state index contributed by atoms with van der Waals surface area (Å²) in [6.45, 7) is 4.89. The molecule has 0 atom stereocenters. The Kier molecular flexibility index (Phi) is 8.50. The van der Waals surface area contributed by atoms with Gasteiger partial charge in [0.15, 0.2) is 5.16 Å². The number of carbonyl (C=O) groups is 1. The van der Waals surface area contributed by atoms with Crippen LogP contribution in [0, 0.1) is 6.92 Å². The highest BCUT2D eigenvalue weighted by Crippen LogP contribution is 2.26. The number of aromatic nitrogens is 3. The van der Waals surface area contributed by atoms with Crippen molar-refractivity contribution >= 4 is 58.3 Å². The quantitative estimate of drug-likeness (QED) is 0.376. The molecular weight excluding hydrogens is 459 g/mol. The Bertz CT molecular complexity index is 1010. The van der Waals surface area contributed by atoms with Crippen LogP contribution in [0.5, 0.6) is 0 Å². The molecular formula is C21H22Cl2N4OS2. The van der Waals surface area contributed by atoms with Gasteiger partial charge >= 0.3 is 0 Å². The van der Waals surface area contributed by atoms with Gasteiger partial charge < -0.3 is 9.88 Å². The minimum atomic E-state index is -0.162. The first-order chi connectivity index (χ1) is 14.5. The van der Waals surface area contributed by atoms with E-state index in [0.717, 1.165) is 29.0 Å². The summed E-state index contributed by atoms with van der Waals surface area (Å²) >= 11 is 15.2. The van der Waals surface area contributed by atoms with Crippen LogP contribution >= 0.6 is 46.7 Å². The summed E-state index contributed by atoms with van der Waals surface area (Å²) < 4.78 is 2.05. The number of rotatable bonds is 9. The summed E-state index contributed by atoms with van der Waals surface area (Å²) in [5.74, 6) is 2.66. The summed E-state index contributed by atoms with van der Waals surface area (Å²) in [5, 5.41) is 13.1. The first kappa shape index (κ1) is 23.0. The fourth-order valence-corrected chi connectivity index (χ4v) is 4.91. The van der Waals surface area contributed by atoms with Crippen molar-refractivity contribution in [2.45, 2.75) is 37.1 Å². The molecule has 1 amide bonds. The van der Waals surface area contributed by atoms with E-state index < -0.39 is 0 Å². The zero-order valence-corrected chi connectivity index (χ0v) is 19.8. The van der Waals surface area contributed by atoms with E-state index in [1.807, 2.05) is 0 Å². The van der Waals surface area contributed by atoms with Gasteiger partial charge in [-0.3, -0.25) is 4.79 Å². The summed E-state index contributed by atoms with van der Waals surface area (Å²) in [7, 11) is 0. The Morgan fingerprint density at radius 2 is 1.87 bits per heavy atom. The highest BCUT2D eigenvalue weighted by Gasteiger charge is 2.14. The number of hydrogen-bond donors (Lipinski definition) is 1. The molecule has 5 nitrogen and oxygen atoms in total. The molecule has 0 aliphatic heterocycles. The number of hydrogen-bond acceptors (Lipinski definition) is 5. The molecule has 0 saturated heterocycles. The van der Waals surface area contributed by atoms with Gasteiger partial charge in [0.25, 0.3) is 0 Å². The van der Waals surface area contributed by atoms with E-state index in [4.69, 9.17) is 23.2 Å². The molecule has 0 bridgehead atoms. The number of anilines is 1. The molecule has 0 fully saturated rings. The van der Waals surface area contributed by atoms with Crippen molar-refractivity contribution in [2.75, 3.05) is 11.1 Å². The van der Waals surface area contributed by atoms with Gasteiger partial charge in [-0.2, -0.15) is 0 Å². The van der Waals surface area contributed by atoms with Gasteiger partial charge in [0.2, 0.25) is 5.91 Å². The third-order valence-electron chi connectivity index (χ3n) is 4.27. The topological polar surface area (TPSA) is 59.8 Å². The van der Waals surface area contributed by atoms with E-state index in [1.54, 1.807) is 30.0 Å². The zero-order chi connectivity index (χ0) is 21.5. The fraction of sp³-hybridized carbons (Fsp3) is 0.286. The van der Waals surface area contributed by atoms with Crippen molar-refractivity contribution in [3.05, 3.63) is 69.5 Å². The van der Waals surface area contributed by atoms with E-state index in [2.05, 4.69) is 58.2 Å². The average Bonchev–Trinajstić information content (AvgIpc) is 3.12. The number of thioether (sulfide) groups is 2. The van der Waals surface area contributed by atoms with Crippen LogP contribution in [0.4, 0.5) is 5.69 Å². The van der Waals surface area contributed by atoms with Crippen LogP contribution in [0.15, 0.2) is 47.6 Å². The molecule has 1 heterocycles. The molecule has 0 spiro atoms. The number of halogens is 2. The van der Waals surface area contributed by atoms with Gasteiger partial charge in [0.05, 0.1) is 22.2 Å². The van der Waals surface area contributed by atoms with E-state index in [9.17, 15) is 4.79 Å². The fourth-order valence-electron chi connectivity index (χ4n) is 2.70. The molecule has 1 aromatic heterocycles. The molecule has 1 N–H and O–H groups in total. The summed E-state index contributed by atoms with van der Waals surface area (Å²) in [6.07, 6.45) is 0. The van der Waals surface area contributed by atoms with E-state index >= 15 is 0 Å². The molecule has 2 aromatic carbocycles. The van der Waals surface area contributed by atoms with Gasteiger partial charge in [0, 0.05) is 17.3 Å². The van der Waals surface area contributed by atoms with E-state index in [0.29, 0.717) is 15.7 Å². The van der Waals surface area contributed by atoms with Gasteiger partial charge in [-0.05, 0) is 37.6 Å². The molecule has 3 rings (SSSR count). The van der Waals surface area contributed by atoms with Crippen molar-refractivity contribution in [2.24, 2.45) is 0 Å². The van der Waals surface area contributed by atoms with Gasteiger partial charge in [-0.1, -0.05) is 64.8 Å². The van der Waals surface area contributed by atoms with Crippen LogP contribution in [-0.2, 0) is 22.8 Å². The lowest BCUT2D eigenvalue weighted by Crippen LogP contribution is -2.15. The van der Waals surface area contributed by atoms with Crippen LogP contribution in [0.1, 0.15) is 23.9 Å². The normalized spacial score (nSPS) is 10.9. The Balaban J connectivity index is 1.53. The highest BCUT2D eigenvalue weighted by atomic mass is 35.5. The molecule has 0 saturated carbocycles. The van der Waals surface area contributed by atoms with Crippen molar-refractivity contribution < 1.29 is 4.79 Å². The lowest BCUT2D eigenvalue weighted by molar-refractivity contribution is -0.113. The lowest BCUT2D eigenvalue weighted by Gasteiger charge is -2.09. The second kappa shape index (κ2) is 11.1. The van der Waals surface area contributed by atoms with E-state index in [-0.39, 0.29) is 11.7 Å². The van der Waals surface area contributed by atoms with Crippen molar-refractivity contribution in [1.82, 2.24) is 14.8 Å². The van der Waals surface area contributed by atoms with Crippen LogP contribution in [-0.4, -0.2) is 26.4 Å². The molecule has 0 aliphatic rings. The largest absolute Gasteiger partial charge is 0.324 e. The summed E-state index contributed by atoms with van der Waals surface area (Å²) in [5.41, 5.74) is 3.09. The average molecular weight is 481 g/mol. The molecule has 0 aliphatic carbocycles. The number of nitrogens with zero attached hydrogens (tertiary/aromatic N) is 3. The predicted molar refractivity (Wildman–Crippen MR) is 128 cm³/mol. The highest BCUT2D eigenvalue weighted by molar-refractivity contribution is 7.99. The van der Waals surface area contributed by atoms with Crippen LogP contribution < -0.4 is 5.32 Å². The molecule has 30 heavy (non-hydrogen) atoms. The van der Waals surface area contributed by atoms with Crippen LogP contribution in [0.2, 0.25) is 10.0 Å². The van der Waals surface area contributed by atoms with Gasteiger partial charge in [0.1, 0.15) is 5.82 Å². The van der Waals surface area contributed by atoms with Gasteiger partial charge in [-0.25, -0.2) is 0 Å². The Morgan fingerprint density at radius 1 is 1.10 bits per heavy atom. The number of carbonyl (C=O) groups excluding carboxylic acids is 1. The predicted octanol–water partition coefficient (Wildman–Crippen LogP) is 6.08. The van der Waals surface area contributed by atoms with Crippen molar-refractivity contribution in [3.63, 3.8) is 0 Å². The molecule has 0 radical (unpaired) electrons. The third kappa shape index (κ3) is 6.41. The maximum atomic E-state index is 12.3. The minimum absolute atomic E-state index is 0.162. The molecule has 9 heteroatoms. The number of amides is 1. The van der Waals surface area contributed by atoms with Crippen LogP contribution in [0.3, 0.4) is 0 Å². The Labute approximate surface area is 194 Å². The number of aryl methyl sites for hydroxylation is 1. The van der Waals surface area contributed by atoms with Crippen LogP contribution in [0.25, 0.3) is 0 Å². The summed E-state index contributed by atoms with van der Waals surface area (Å²) in [6, 6.07) is 13.5. The summed E-state index contributed by atoms with van der Waals surface area (Å²) in [4.78, 5) is 12.3. The lowest BCUT2D eigenvalue weighted by atomic mass is 10.2. The first-order valence-electron chi connectivity index (χ1n) is 9.39. The van der Waals surface area contributed by atoms with E-state index in [1.165, 1.54) is 22.9 Å². The Hall–Kier alpha value is -1.67. The maximum absolute atomic E-state index is 12.3.